The van der Waals surface area contributed by atoms with Gasteiger partial charge in [0.15, 0.2) is 0 Å². The molecule has 0 radical (unpaired) electrons. The van der Waals surface area contributed by atoms with Gasteiger partial charge in [-0.1, -0.05) is 36.4 Å². The van der Waals surface area contributed by atoms with E-state index in [0.29, 0.717) is 17.7 Å². The van der Waals surface area contributed by atoms with Crippen molar-refractivity contribution >= 4 is 17.5 Å². The molecular weight excluding hydrogens is 379 g/mol. The molecular formula is C16H11F5N2O4. The monoisotopic (exact) mass is 390 g/mol. The van der Waals surface area contributed by atoms with Gasteiger partial charge in [0.05, 0.1) is 4.92 Å². The molecule has 27 heavy (non-hydrogen) atoms. The Morgan fingerprint density at radius 1 is 1.07 bits per heavy atom. The Morgan fingerprint density at radius 2 is 1.70 bits per heavy atom. The molecule has 0 fully saturated rings. The van der Waals surface area contributed by atoms with E-state index in [1.54, 1.807) is 30.3 Å². The molecule has 2 aromatic rings. The van der Waals surface area contributed by atoms with Gasteiger partial charge in [0.25, 0.3) is 5.69 Å². The number of nitrogens with zero attached hydrogens (tertiary/aromatic N) is 1. The van der Waals surface area contributed by atoms with Crippen molar-refractivity contribution in [1.82, 2.24) is 0 Å². The zero-order valence-corrected chi connectivity index (χ0v) is 13.3. The van der Waals surface area contributed by atoms with Crippen LogP contribution in [0.1, 0.15) is 11.1 Å². The highest BCUT2D eigenvalue weighted by Crippen LogP contribution is 2.45. The van der Waals surface area contributed by atoms with Gasteiger partial charge in [-0.3, -0.25) is 15.4 Å². The Hall–Kier alpha value is -3.24. The second-order valence-corrected chi connectivity index (χ2v) is 5.25. The Balaban J connectivity index is 2.19. The van der Waals surface area contributed by atoms with Crippen LogP contribution in [0.25, 0.3) is 0 Å². The quantitative estimate of drug-likeness (QED) is 0.443. The lowest BCUT2D eigenvalue weighted by atomic mass is 10.1. The normalized spacial score (nSPS) is 11.7. The maximum absolute atomic E-state index is 13.3. The first kappa shape index (κ1) is 20.1. The van der Waals surface area contributed by atoms with Crippen molar-refractivity contribution in [1.29, 1.82) is 0 Å². The largest absolute Gasteiger partial charge is 0.458 e. The summed E-state index contributed by atoms with van der Waals surface area (Å²) < 4.78 is 68.8. The van der Waals surface area contributed by atoms with Crippen molar-refractivity contribution in [3.8, 4) is 0 Å². The van der Waals surface area contributed by atoms with Gasteiger partial charge in [0.1, 0.15) is 12.3 Å². The molecule has 0 aliphatic heterocycles. The van der Waals surface area contributed by atoms with Gasteiger partial charge in [0.2, 0.25) is 0 Å². The summed E-state index contributed by atoms with van der Waals surface area (Å²) in [6.07, 6.45) is -7.07. The van der Waals surface area contributed by atoms with E-state index in [4.69, 9.17) is 4.74 Å². The van der Waals surface area contributed by atoms with Crippen molar-refractivity contribution in [2.45, 2.75) is 18.7 Å². The Bertz CT molecular complexity index is 840. The minimum atomic E-state index is -5.93. The number of nitro groups is 1. The molecule has 0 bridgehead atoms. The van der Waals surface area contributed by atoms with Crippen LogP contribution >= 0.6 is 0 Å². The van der Waals surface area contributed by atoms with Crippen molar-refractivity contribution < 1.29 is 36.4 Å². The molecule has 0 spiro atoms. The number of ether oxygens (including phenoxy) is 1. The number of benzene rings is 2. The predicted octanol–water partition coefficient (Wildman–Crippen LogP) is 5.00. The molecule has 0 atom stereocenters. The molecule has 2 aromatic carbocycles. The number of rotatable bonds is 5. The summed E-state index contributed by atoms with van der Waals surface area (Å²) in [5.41, 5.74) is -2.72. The predicted molar refractivity (Wildman–Crippen MR) is 83.3 cm³/mol. The molecule has 0 saturated heterocycles. The molecule has 0 heterocycles. The third-order valence-corrected chi connectivity index (χ3v) is 3.36. The van der Waals surface area contributed by atoms with Crippen LogP contribution in [-0.2, 0) is 17.3 Å². The van der Waals surface area contributed by atoms with Crippen LogP contribution in [0.3, 0.4) is 0 Å². The van der Waals surface area contributed by atoms with E-state index in [9.17, 15) is 36.9 Å². The molecule has 0 unspecified atom stereocenters. The van der Waals surface area contributed by atoms with Gasteiger partial charge in [-0.2, -0.15) is 22.0 Å². The van der Waals surface area contributed by atoms with Crippen molar-refractivity contribution in [3.63, 3.8) is 0 Å². The first-order valence-corrected chi connectivity index (χ1v) is 7.23. The van der Waals surface area contributed by atoms with Gasteiger partial charge in [-0.15, -0.1) is 0 Å². The highest BCUT2D eigenvalue weighted by atomic mass is 19.4. The van der Waals surface area contributed by atoms with E-state index in [0.717, 1.165) is 0 Å². The van der Waals surface area contributed by atoms with Crippen LogP contribution in [0.5, 0.6) is 0 Å². The van der Waals surface area contributed by atoms with Gasteiger partial charge in [-0.25, -0.2) is 4.79 Å². The number of nitro benzene ring substituents is 1. The van der Waals surface area contributed by atoms with Crippen molar-refractivity contribution in [2.24, 2.45) is 0 Å². The van der Waals surface area contributed by atoms with E-state index >= 15 is 0 Å². The second-order valence-electron chi connectivity index (χ2n) is 5.25. The minimum absolute atomic E-state index is 0.0559. The number of hydrogen-bond donors (Lipinski definition) is 1. The lowest BCUT2D eigenvalue weighted by molar-refractivity contribution is -0.384. The Kier molecular flexibility index (Phi) is 5.62. The average molecular weight is 390 g/mol. The summed E-state index contributed by atoms with van der Waals surface area (Å²) in [6, 6.07) is 9.35. The first-order chi connectivity index (χ1) is 12.5. The summed E-state index contributed by atoms with van der Waals surface area (Å²) in [5, 5.41) is 12.9. The second kappa shape index (κ2) is 7.56. The minimum Gasteiger partial charge on any atom is -0.444 e. The van der Waals surface area contributed by atoms with Crippen LogP contribution in [0.15, 0.2) is 48.5 Å². The smallest absolute Gasteiger partial charge is 0.444 e. The van der Waals surface area contributed by atoms with E-state index in [1.807, 2.05) is 5.32 Å². The van der Waals surface area contributed by atoms with Gasteiger partial charge < -0.3 is 4.74 Å². The lowest BCUT2D eigenvalue weighted by Crippen LogP contribution is -2.33. The van der Waals surface area contributed by atoms with E-state index in [-0.39, 0.29) is 12.7 Å². The fourth-order valence-electron chi connectivity index (χ4n) is 2.02. The van der Waals surface area contributed by atoms with Crippen LogP contribution in [0, 0.1) is 10.1 Å². The zero-order valence-electron chi connectivity index (χ0n) is 13.3. The molecule has 0 aromatic heterocycles. The summed E-state index contributed by atoms with van der Waals surface area (Å²) in [6.45, 7) is -0.176. The molecule has 0 aliphatic carbocycles. The number of carbonyl (C=O) groups is 1. The maximum atomic E-state index is 13.3. The highest BCUT2D eigenvalue weighted by molar-refractivity contribution is 5.88. The van der Waals surface area contributed by atoms with Gasteiger partial charge in [0, 0.05) is 11.6 Å². The number of carbonyl (C=O) groups excluding carboxylic acids is 1. The molecule has 1 amide bonds. The first-order valence-electron chi connectivity index (χ1n) is 7.23. The standard InChI is InChI=1S/C16H11F5N2O4/c17-15(18,16(19,20)21)11-6-7-12(13(8-11)23(25)26)22-14(24)27-9-10-4-2-1-3-5-10/h1-8H,9H2,(H,22,24). The fourth-order valence-corrected chi connectivity index (χ4v) is 2.02. The summed E-state index contributed by atoms with van der Waals surface area (Å²) in [5.74, 6) is -5.29. The molecule has 1 N–H and O–H groups in total. The Labute approximate surface area is 148 Å². The molecule has 6 nitrogen and oxygen atoms in total. The van der Waals surface area contributed by atoms with E-state index in [1.165, 1.54) is 0 Å². The number of nitrogens with one attached hydrogen (secondary N) is 1. The Morgan fingerprint density at radius 3 is 2.26 bits per heavy atom. The van der Waals surface area contributed by atoms with Crippen molar-refractivity contribution in [3.05, 3.63) is 69.8 Å². The molecule has 0 saturated carbocycles. The van der Waals surface area contributed by atoms with E-state index in [2.05, 4.69) is 0 Å². The van der Waals surface area contributed by atoms with E-state index < -0.39 is 40.1 Å². The fraction of sp³-hybridized carbons (Fsp3) is 0.188. The topological polar surface area (TPSA) is 81.5 Å². The maximum Gasteiger partial charge on any atom is 0.458 e. The number of alkyl halides is 5. The number of halogens is 5. The molecule has 144 valence electrons. The third kappa shape index (κ3) is 4.68. The number of hydrogen-bond acceptors (Lipinski definition) is 4. The van der Waals surface area contributed by atoms with Crippen LogP contribution in [0.2, 0.25) is 0 Å². The SMILES string of the molecule is O=C(Nc1ccc(C(F)(F)C(F)(F)F)cc1[N+](=O)[O-])OCc1ccccc1. The molecule has 2 rings (SSSR count). The van der Waals surface area contributed by atoms with Crippen LogP contribution in [0.4, 0.5) is 38.1 Å². The highest BCUT2D eigenvalue weighted by Gasteiger charge is 2.59. The van der Waals surface area contributed by atoms with Crippen LogP contribution in [-0.4, -0.2) is 17.2 Å². The summed E-state index contributed by atoms with van der Waals surface area (Å²) in [7, 11) is 0. The van der Waals surface area contributed by atoms with Gasteiger partial charge in [-0.05, 0) is 11.6 Å². The molecule has 11 heteroatoms. The zero-order chi connectivity index (χ0) is 20.2. The summed E-state index contributed by atoms with van der Waals surface area (Å²) >= 11 is 0. The number of amides is 1. The summed E-state index contributed by atoms with van der Waals surface area (Å²) in [4.78, 5) is 21.5. The number of anilines is 1. The van der Waals surface area contributed by atoms with Crippen LogP contribution < -0.4 is 5.32 Å². The average Bonchev–Trinajstić information content (AvgIpc) is 2.60. The molecule has 0 aliphatic rings. The van der Waals surface area contributed by atoms with Crippen molar-refractivity contribution in [2.75, 3.05) is 5.32 Å². The van der Waals surface area contributed by atoms with Gasteiger partial charge >= 0.3 is 18.2 Å². The lowest BCUT2D eigenvalue weighted by Gasteiger charge is -2.20. The third-order valence-electron chi connectivity index (χ3n) is 3.36.